The molecule has 14 heavy (non-hydrogen) atoms. The normalized spacial score (nSPS) is 10.1. The van der Waals surface area contributed by atoms with E-state index in [-0.39, 0.29) is 0 Å². The van der Waals surface area contributed by atoms with Crippen molar-refractivity contribution in [3.8, 4) is 5.75 Å². The van der Waals surface area contributed by atoms with Crippen molar-refractivity contribution in [1.82, 2.24) is 4.98 Å². The summed E-state index contributed by atoms with van der Waals surface area (Å²) in [4.78, 5) is 4.26. The minimum absolute atomic E-state index is 0.841. The van der Waals surface area contributed by atoms with Crippen molar-refractivity contribution in [2.24, 2.45) is 0 Å². The molecule has 2 heteroatoms. The third-order valence-electron chi connectivity index (χ3n) is 2.20. The molecule has 2 rings (SSSR count). The summed E-state index contributed by atoms with van der Waals surface area (Å²) < 4.78 is 5.16. The maximum Gasteiger partial charge on any atom is 0.119 e. The van der Waals surface area contributed by atoms with Gasteiger partial charge < -0.3 is 4.74 Å². The highest BCUT2D eigenvalue weighted by molar-refractivity contribution is 5.88. The molecule has 0 aliphatic heterocycles. The molecule has 0 aliphatic rings. The number of hydrogen-bond acceptors (Lipinski definition) is 2. The molecule has 0 saturated heterocycles. The van der Waals surface area contributed by atoms with E-state index in [1.54, 1.807) is 13.3 Å². The number of fused-ring (bicyclic) bond motifs is 1. The van der Waals surface area contributed by atoms with Gasteiger partial charge in [0, 0.05) is 11.6 Å². The predicted molar refractivity (Wildman–Crippen MR) is 58.4 cm³/mol. The molecule has 0 N–H and O–H groups in total. The lowest BCUT2D eigenvalue weighted by Gasteiger charge is -2.04. The summed E-state index contributed by atoms with van der Waals surface area (Å²) in [5.74, 6) is 0.841. The summed E-state index contributed by atoms with van der Waals surface area (Å²) in [6.45, 7) is 3.77. The SMILES string of the molecule is C=Cc1ccnc2ccc(OC)cc12. The molecule has 1 aromatic heterocycles. The number of aromatic nitrogens is 1. The Balaban J connectivity index is 2.76. The molecule has 2 nitrogen and oxygen atoms in total. The van der Waals surface area contributed by atoms with E-state index in [1.807, 2.05) is 30.3 Å². The Hall–Kier alpha value is -1.83. The van der Waals surface area contributed by atoms with E-state index in [0.29, 0.717) is 0 Å². The summed E-state index contributed by atoms with van der Waals surface area (Å²) >= 11 is 0. The topological polar surface area (TPSA) is 22.1 Å². The monoisotopic (exact) mass is 185 g/mol. The zero-order valence-corrected chi connectivity index (χ0v) is 8.03. The van der Waals surface area contributed by atoms with E-state index < -0.39 is 0 Å². The van der Waals surface area contributed by atoms with Crippen molar-refractivity contribution in [2.75, 3.05) is 7.11 Å². The second-order valence-corrected chi connectivity index (χ2v) is 2.99. The molecular weight excluding hydrogens is 174 g/mol. The zero-order valence-electron chi connectivity index (χ0n) is 8.03. The third kappa shape index (κ3) is 1.35. The molecule has 0 amide bonds. The molecule has 1 aromatic carbocycles. The fourth-order valence-corrected chi connectivity index (χ4v) is 1.45. The summed E-state index contributed by atoms with van der Waals surface area (Å²) in [6, 6.07) is 7.76. The van der Waals surface area contributed by atoms with Crippen LogP contribution in [0.15, 0.2) is 37.0 Å². The molecule has 1 heterocycles. The number of methoxy groups -OCH3 is 1. The van der Waals surface area contributed by atoms with Gasteiger partial charge in [-0.05, 0) is 29.8 Å². The van der Waals surface area contributed by atoms with E-state index in [4.69, 9.17) is 4.74 Å². The Bertz CT molecular complexity index is 477. The van der Waals surface area contributed by atoms with E-state index in [0.717, 1.165) is 22.2 Å². The lowest BCUT2D eigenvalue weighted by Crippen LogP contribution is -1.85. The van der Waals surface area contributed by atoms with Crippen LogP contribution in [0.3, 0.4) is 0 Å². The van der Waals surface area contributed by atoms with Crippen LogP contribution < -0.4 is 4.74 Å². The smallest absolute Gasteiger partial charge is 0.119 e. The number of ether oxygens (including phenoxy) is 1. The van der Waals surface area contributed by atoms with Gasteiger partial charge in [-0.25, -0.2) is 0 Å². The molecule has 0 atom stereocenters. The van der Waals surface area contributed by atoms with Gasteiger partial charge in [-0.2, -0.15) is 0 Å². The van der Waals surface area contributed by atoms with Gasteiger partial charge in [0.25, 0.3) is 0 Å². The number of hydrogen-bond donors (Lipinski definition) is 0. The van der Waals surface area contributed by atoms with Crippen molar-refractivity contribution < 1.29 is 4.74 Å². The number of pyridine rings is 1. The van der Waals surface area contributed by atoms with Crippen LogP contribution in [-0.4, -0.2) is 12.1 Å². The van der Waals surface area contributed by atoms with Gasteiger partial charge in [0.15, 0.2) is 0 Å². The van der Waals surface area contributed by atoms with Crippen LogP contribution in [0.2, 0.25) is 0 Å². The fourth-order valence-electron chi connectivity index (χ4n) is 1.45. The van der Waals surface area contributed by atoms with Crippen LogP contribution in [-0.2, 0) is 0 Å². The standard InChI is InChI=1S/C12H11NO/c1-3-9-6-7-13-12-5-4-10(14-2)8-11(9)12/h3-8H,1H2,2H3. The van der Waals surface area contributed by atoms with Crippen LogP contribution >= 0.6 is 0 Å². The lowest BCUT2D eigenvalue weighted by atomic mass is 10.1. The minimum atomic E-state index is 0.841. The quantitative estimate of drug-likeness (QED) is 0.717. The first-order valence-corrected chi connectivity index (χ1v) is 4.40. The summed E-state index contributed by atoms with van der Waals surface area (Å²) in [6.07, 6.45) is 3.61. The van der Waals surface area contributed by atoms with E-state index in [9.17, 15) is 0 Å². The Morgan fingerprint density at radius 1 is 1.36 bits per heavy atom. The number of benzene rings is 1. The Morgan fingerprint density at radius 3 is 2.93 bits per heavy atom. The highest BCUT2D eigenvalue weighted by Gasteiger charge is 2.00. The minimum Gasteiger partial charge on any atom is -0.497 e. The molecule has 0 unspecified atom stereocenters. The third-order valence-corrected chi connectivity index (χ3v) is 2.20. The van der Waals surface area contributed by atoms with Crippen molar-refractivity contribution >= 4 is 17.0 Å². The molecule has 2 aromatic rings. The van der Waals surface area contributed by atoms with Crippen LogP contribution in [0.4, 0.5) is 0 Å². The van der Waals surface area contributed by atoms with Gasteiger partial charge in [-0.15, -0.1) is 0 Å². The predicted octanol–water partition coefficient (Wildman–Crippen LogP) is 2.89. The van der Waals surface area contributed by atoms with Gasteiger partial charge in [0.05, 0.1) is 12.6 Å². The van der Waals surface area contributed by atoms with Gasteiger partial charge in [0.2, 0.25) is 0 Å². The van der Waals surface area contributed by atoms with Crippen LogP contribution in [0, 0.1) is 0 Å². The first-order chi connectivity index (χ1) is 6.85. The summed E-state index contributed by atoms with van der Waals surface area (Å²) in [5, 5.41) is 1.07. The largest absolute Gasteiger partial charge is 0.497 e. The first kappa shape index (κ1) is 8.75. The Kier molecular flexibility index (Phi) is 2.19. The first-order valence-electron chi connectivity index (χ1n) is 4.40. The molecule has 0 bridgehead atoms. The molecule has 0 radical (unpaired) electrons. The second-order valence-electron chi connectivity index (χ2n) is 2.99. The summed E-state index contributed by atoms with van der Waals surface area (Å²) in [5.41, 5.74) is 2.04. The van der Waals surface area contributed by atoms with E-state index in [1.165, 1.54) is 0 Å². The average molecular weight is 185 g/mol. The fraction of sp³-hybridized carbons (Fsp3) is 0.0833. The lowest BCUT2D eigenvalue weighted by molar-refractivity contribution is 0.415. The zero-order chi connectivity index (χ0) is 9.97. The average Bonchev–Trinajstić information content (AvgIpc) is 2.27. The Morgan fingerprint density at radius 2 is 2.21 bits per heavy atom. The molecule has 70 valence electrons. The second kappa shape index (κ2) is 3.50. The highest BCUT2D eigenvalue weighted by atomic mass is 16.5. The van der Waals surface area contributed by atoms with Crippen molar-refractivity contribution in [1.29, 1.82) is 0 Å². The number of nitrogens with zero attached hydrogens (tertiary/aromatic N) is 1. The molecule has 0 spiro atoms. The van der Waals surface area contributed by atoms with Crippen LogP contribution in [0.5, 0.6) is 5.75 Å². The van der Waals surface area contributed by atoms with Gasteiger partial charge in [-0.3, -0.25) is 4.98 Å². The number of rotatable bonds is 2. The maximum absolute atomic E-state index is 5.16. The van der Waals surface area contributed by atoms with Crippen molar-refractivity contribution in [3.05, 3.63) is 42.6 Å². The molecule has 0 fully saturated rings. The van der Waals surface area contributed by atoms with E-state index in [2.05, 4.69) is 11.6 Å². The Labute approximate surface area is 82.9 Å². The van der Waals surface area contributed by atoms with Gasteiger partial charge >= 0.3 is 0 Å². The summed E-state index contributed by atoms with van der Waals surface area (Å²) in [7, 11) is 1.66. The molecule has 0 saturated carbocycles. The van der Waals surface area contributed by atoms with Gasteiger partial charge in [0.1, 0.15) is 5.75 Å². The van der Waals surface area contributed by atoms with Gasteiger partial charge in [-0.1, -0.05) is 12.7 Å². The molecular formula is C12H11NO. The van der Waals surface area contributed by atoms with E-state index >= 15 is 0 Å². The highest BCUT2D eigenvalue weighted by Crippen LogP contribution is 2.22. The van der Waals surface area contributed by atoms with Crippen molar-refractivity contribution in [2.45, 2.75) is 0 Å². The van der Waals surface area contributed by atoms with Crippen LogP contribution in [0.25, 0.3) is 17.0 Å². The maximum atomic E-state index is 5.16. The molecule has 0 aliphatic carbocycles. The van der Waals surface area contributed by atoms with Crippen molar-refractivity contribution in [3.63, 3.8) is 0 Å². The van der Waals surface area contributed by atoms with Crippen LogP contribution in [0.1, 0.15) is 5.56 Å².